The van der Waals surface area contributed by atoms with Gasteiger partial charge < -0.3 is 11.2 Å². The van der Waals surface area contributed by atoms with Crippen LogP contribution in [0.15, 0.2) is 71.9 Å². The normalized spacial score (nSPS) is 10.6. The van der Waals surface area contributed by atoms with Crippen LogP contribution in [-0.4, -0.2) is 26.5 Å². The standard InChI is InChI=1S/C22H18N6OS/c23-13-17-7-2-4-11-19(17)25-21(29)14-30-22-27-26-20(28(22)24)12-16-9-5-8-15-6-1-3-10-18(15)16/h1-11H,12,14,24H2,(H,25,29). The minimum atomic E-state index is -0.249. The molecule has 0 fully saturated rings. The molecule has 7 nitrogen and oxygen atoms in total. The number of carbonyl (C=O) groups excluding carboxylic acids is 1. The van der Waals surface area contributed by atoms with E-state index in [2.05, 4.69) is 39.8 Å². The number of anilines is 1. The number of rotatable bonds is 6. The van der Waals surface area contributed by atoms with E-state index in [1.165, 1.54) is 16.4 Å². The summed E-state index contributed by atoms with van der Waals surface area (Å²) in [5, 5.41) is 22.9. The molecule has 0 bridgehead atoms. The number of hydrogen-bond acceptors (Lipinski definition) is 6. The molecule has 0 spiro atoms. The average molecular weight is 414 g/mol. The topological polar surface area (TPSA) is 110 Å². The van der Waals surface area contributed by atoms with Crippen LogP contribution in [0.2, 0.25) is 0 Å². The van der Waals surface area contributed by atoms with Crippen LogP contribution in [0.1, 0.15) is 17.0 Å². The number of fused-ring (bicyclic) bond motifs is 1. The zero-order valence-electron chi connectivity index (χ0n) is 15.9. The Labute approximate surface area is 177 Å². The molecule has 0 saturated heterocycles. The molecule has 0 unspecified atom stereocenters. The van der Waals surface area contributed by atoms with Gasteiger partial charge in [-0.15, -0.1) is 10.2 Å². The summed E-state index contributed by atoms with van der Waals surface area (Å²) in [6.45, 7) is 0. The summed E-state index contributed by atoms with van der Waals surface area (Å²) in [6, 6.07) is 23.2. The van der Waals surface area contributed by atoms with Crippen molar-refractivity contribution in [2.45, 2.75) is 11.6 Å². The van der Waals surface area contributed by atoms with E-state index >= 15 is 0 Å². The molecular formula is C22H18N6OS. The molecule has 3 N–H and O–H groups in total. The predicted molar refractivity (Wildman–Crippen MR) is 117 cm³/mol. The number of nitrogens with two attached hydrogens (primary N) is 1. The quantitative estimate of drug-likeness (QED) is 0.370. The van der Waals surface area contributed by atoms with Crippen LogP contribution in [0.3, 0.4) is 0 Å². The molecule has 1 amide bonds. The number of aromatic nitrogens is 3. The third-order valence-corrected chi connectivity index (χ3v) is 5.56. The summed E-state index contributed by atoms with van der Waals surface area (Å²) in [5.74, 6) is 6.64. The number of nitrogens with zero attached hydrogens (tertiary/aromatic N) is 4. The van der Waals surface area contributed by atoms with Crippen LogP contribution < -0.4 is 11.2 Å². The number of benzene rings is 3. The van der Waals surface area contributed by atoms with Gasteiger partial charge in [-0.1, -0.05) is 66.4 Å². The second kappa shape index (κ2) is 8.68. The summed E-state index contributed by atoms with van der Waals surface area (Å²) >= 11 is 1.19. The minimum absolute atomic E-state index is 0.101. The van der Waals surface area contributed by atoms with Gasteiger partial charge in [0.2, 0.25) is 11.1 Å². The lowest BCUT2D eigenvalue weighted by molar-refractivity contribution is -0.113. The average Bonchev–Trinajstić information content (AvgIpc) is 3.12. The van der Waals surface area contributed by atoms with Crippen molar-refractivity contribution in [3.8, 4) is 6.07 Å². The molecule has 0 aliphatic rings. The molecule has 8 heteroatoms. The highest BCUT2D eigenvalue weighted by molar-refractivity contribution is 7.99. The Morgan fingerprint density at radius 3 is 2.70 bits per heavy atom. The van der Waals surface area contributed by atoms with Gasteiger partial charge in [-0.3, -0.25) is 4.79 Å². The Morgan fingerprint density at radius 1 is 1.07 bits per heavy atom. The van der Waals surface area contributed by atoms with Crippen LogP contribution in [0.25, 0.3) is 10.8 Å². The molecule has 3 aromatic carbocycles. The van der Waals surface area contributed by atoms with E-state index in [4.69, 9.17) is 11.1 Å². The second-order valence-corrected chi connectivity index (χ2v) is 7.52. The number of thioether (sulfide) groups is 1. The molecule has 1 aromatic heterocycles. The van der Waals surface area contributed by atoms with E-state index in [9.17, 15) is 4.79 Å². The molecule has 148 valence electrons. The fraction of sp³-hybridized carbons (Fsp3) is 0.0909. The van der Waals surface area contributed by atoms with Gasteiger partial charge in [0.05, 0.1) is 17.0 Å². The maximum Gasteiger partial charge on any atom is 0.234 e. The first-order valence-corrected chi connectivity index (χ1v) is 10.2. The molecule has 4 aromatic rings. The maximum absolute atomic E-state index is 12.3. The monoisotopic (exact) mass is 414 g/mol. The summed E-state index contributed by atoms with van der Waals surface area (Å²) in [5.41, 5.74) is 2.00. The van der Waals surface area contributed by atoms with Crippen LogP contribution in [0, 0.1) is 11.3 Å². The maximum atomic E-state index is 12.3. The number of amides is 1. The molecule has 0 aliphatic heterocycles. The van der Waals surface area contributed by atoms with Crippen molar-refractivity contribution in [1.82, 2.24) is 14.9 Å². The predicted octanol–water partition coefficient (Wildman–Crippen LogP) is 3.34. The summed E-state index contributed by atoms with van der Waals surface area (Å²) in [6.07, 6.45) is 0.535. The lowest BCUT2D eigenvalue weighted by Crippen LogP contribution is -2.17. The van der Waals surface area contributed by atoms with Crippen molar-refractivity contribution in [2.75, 3.05) is 16.9 Å². The van der Waals surface area contributed by atoms with Gasteiger partial charge >= 0.3 is 0 Å². The van der Waals surface area contributed by atoms with Gasteiger partial charge in [0.25, 0.3) is 0 Å². The molecule has 4 rings (SSSR count). The van der Waals surface area contributed by atoms with E-state index < -0.39 is 0 Å². The SMILES string of the molecule is N#Cc1ccccc1NC(=O)CSc1nnc(Cc2cccc3ccccc23)n1N. The number of hydrogen-bond donors (Lipinski definition) is 2. The van der Waals surface area contributed by atoms with E-state index in [1.807, 2.05) is 24.3 Å². The van der Waals surface area contributed by atoms with Gasteiger partial charge in [-0.25, -0.2) is 4.68 Å². The van der Waals surface area contributed by atoms with Crippen LogP contribution in [-0.2, 0) is 11.2 Å². The zero-order chi connectivity index (χ0) is 20.9. The van der Waals surface area contributed by atoms with Crippen LogP contribution in [0.5, 0.6) is 0 Å². The van der Waals surface area contributed by atoms with Gasteiger partial charge in [-0.2, -0.15) is 5.26 Å². The van der Waals surface area contributed by atoms with Gasteiger partial charge in [-0.05, 0) is 28.5 Å². The van der Waals surface area contributed by atoms with Crippen molar-refractivity contribution >= 4 is 34.1 Å². The van der Waals surface area contributed by atoms with E-state index in [0.717, 1.165) is 16.3 Å². The second-order valence-electron chi connectivity index (χ2n) is 6.58. The van der Waals surface area contributed by atoms with E-state index in [-0.39, 0.29) is 11.7 Å². The highest BCUT2D eigenvalue weighted by atomic mass is 32.2. The first kappa shape index (κ1) is 19.5. The summed E-state index contributed by atoms with van der Waals surface area (Å²) in [4.78, 5) is 12.3. The van der Waals surface area contributed by atoms with Crippen molar-refractivity contribution < 1.29 is 4.79 Å². The third-order valence-electron chi connectivity index (χ3n) is 4.62. The number of para-hydroxylation sites is 1. The zero-order valence-corrected chi connectivity index (χ0v) is 16.8. The van der Waals surface area contributed by atoms with Gasteiger partial charge in [0, 0.05) is 6.42 Å². The molecule has 0 saturated carbocycles. The largest absolute Gasteiger partial charge is 0.336 e. The van der Waals surface area contributed by atoms with E-state index in [0.29, 0.717) is 28.7 Å². The first-order chi connectivity index (χ1) is 14.7. The number of nitriles is 1. The van der Waals surface area contributed by atoms with Crippen molar-refractivity contribution in [3.63, 3.8) is 0 Å². The Bertz CT molecular complexity index is 1250. The Kier molecular flexibility index (Phi) is 5.63. The van der Waals surface area contributed by atoms with Crippen LogP contribution >= 0.6 is 11.8 Å². The summed E-state index contributed by atoms with van der Waals surface area (Å²) < 4.78 is 1.42. The third kappa shape index (κ3) is 4.11. The Balaban J connectivity index is 1.43. The van der Waals surface area contributed by atoms with Crippen molar-refractivity contribution in [2.24, 2.45) is 0 Å². The summed E-state index contributed by atoms with van der Waals surface area (Å²) in [7, 11) is 0. The van der Waals surface area contributed by atoms with Gasteiger partial charge in [0.1, 0.15) is 6.07 Å². The molecule has 0 radical (unpaired) electrons. The Morgan fingerprint density at radius 2 is 1.83 bits per heavy atom. The smallest absolute Gasteiger partial charge is 0.234 e. The fourth-order valence-electron chi connectivity index (χ4n) is 3.15. The number of nitrogen functional groups attached to an aromatic ring is 1. The van der Waals surface area contributed by atoms with E-state index in [1.54, 1.807) is 24.3 Å². The van der Waals surface area contributed by atoms with Crippen molar-refractivity contribution in [1.29, 1.82) is 5.26 Å². The lowest BCUT2D eigenvalue weighted by atomic mass is 10.0. The molecule has 30 heavy (non-hydrogen) atoms. The van der Waals surface area contributed by atoms with Gasteiger partial charge in [0.15, 0.2) is 5.82 Å². The minimum Gasteiger partial charge on any atom is -0.336 e. The highest BCUT2D eigenvalue weighted by Crippen LogP contribution is 2.22. The first-order valence-electron chi connectivity index (χ1n) is 9.23. The fourth-order valence-corrected chi connectivity index (χ4v) is 3.82. The molecular weight excluding hydrogens is 396 g/mol. The molecule has 0 aliphatic carbocycles. The number of nitrogens with one attached hydrogen (secondary N) is 1. The lowest BCUT2D eigenvalue weighted by Gasteiger charge is -2.08. The van der Waals surface area contributed by atoms with Crippen molar-refractivity contribution in [3.05, 3.63) is 83.7 Å². The highest BCUT2D eigenvalue weighted by Gasteiger charge is 2.14. The molecule has 1 heterocycles. The molecule has 0 atom stereocenters. The number of carbonyl (C=O) groups is 1. The van der Waals surface area contributed by atoms with Crippen LogP contribution in [0.4, 0.5) is 5.69 Å². The Hall–Kier alpha value is -3.83.